The predicted octanol–water partition coefficient (Wildman–Crippen LogP) is 2.13. The molecule has 0 unspecified atom stereocenters. The summed E-state index contributed by atoms with van der Waals surface area (Å²) in [5.41, 5.74) is 0.784. The van der Waals surface area contributed by atoms with Crippen LogP contribution < -0.4 is 9.47 Å². The van der Waals surface area contributed by atoms with Gasteiger partial charge in [0, 0.05) is 19.1 Å². The van der Waals surface area contributed by atoms with Crippen molar-refractivity contribution in [3.05, 3.63) is 23.8 Å². The highest BCUT2D eigenvalue weighted by Gasteiger charge is 2.20. The number of carbonyl (C=O) groups is 1. The van der Waals surface area contributed by atoms with Gasteiger partial charge in [0.05, 0.1) is 14.2 Å². The van der Waals surface area contributed by atoms with E-state index in [9.17, 15) is 4.79 Å². The van der Waals surface area contributed by atoms with Crippen LogP contribution in [-0.2, 0) is 16.0 Å². The van der Waals surface area contributed by atoms with Gasteiger partial charge in [-0.05, 0) is 18.1 Å². The third-order valence-electron chi connectivity index (χ3n) is 2.70. The van der Waals surface area contributed by atoms with E-state index in [1.54, 1.807) is 32.4 Å². The average molecular weight is 268 g/mol. The number of methoxy groups -OCH3 is 2. The normalized spacial score (nSPS) is 11.9. The smallest absolute Gasteiger partial charge is 0.333 e. The summed E-state index contributed by atoms with van der Waals surface area (Å²) in [6, 6.07) is 5.30. The van der Waals surface area contributed by atoms with Crippen LogP contribution in [0.3, 0.4) is 0 Å². The van der Waals surface area contributed by atoms with E-state index in [-0.39, 0.29) is 6.42 Å². The molecule has 0 bridgehead atoms. The quantitative estimate of drug-likeness (QED) is 0.782. The maximum Gasteiger partial charge on any atom is 0.333 e. The Morgan fingerprint density at radius 2 is 2.05 bits per heavy atom. The number of ether oxygens (including phenoxy) is 3. The van der Waals surface area contributed by atoms with E-state index in [0.717, 1.165) is 12.0 Å². The molecule has 1 atom stereocenters. The molecule has 0 heterocycles. The molecular formula is C14H20O5. The fraction of sp³-hybridized carbons (Fsp3) is 0.500. The SMILES string of the molecule is CCCO[C@@H](Cc1ccc(OC)cc1OC)C(=O)O. The molecule has 0 aliphatic rings. The van der Waals surface area contributed by atoms with Crippen LogP contribution in [0.15, 0.2) is 18.2 Å². The minimum absolute atomic E-state index is 0.266. The maximum absolute atomic E-state index is 11.1. The highest BCUT2D eigenvalue weighted by molar-refractivity contribution is 5.73. The van der Waals surface area contributed by atoms with Gasteiger partial charge in [0.25, 0.3) is 0 Å². The van der Waals surface area contributed by atoms with E-state index in [1.807, 2.05) is 6.92 Å². The summed E-state index contributed by atoms with van der Waals surface area (Å²) in [6.45, 7) is 2.36. The standard InChI is InChI=1S/C14H20O5/c1-4-7-19-13(14(15)16)8-10-5-6-11(17-2)9-12(10)18-3/h5-6,9,13H,4,7-8H2,1-3H3,(H,15,16)/t13-/m0/s1. The molecule has 0 spiro atoms. The Hall–Kier alpha value is -1.75. The largest absolute Gasteiger partial charge is 0.497 e. The van der Waals surface area contributed by atoms with Crippen molar-refractivity contribution in [2.45, 2.75) is 25.9 Å². The summed E-state index contributed by atoms with van der Waals surface area (Å²) in [6.07, 6.45) is 0.189. The lowest BCUT2D eigenvalue weighted by molar-refractivity contribution is -0.150. The van der Waals surface area contributed by atoms with Crippen molar-refractivity contribution in [1.29, 1.82) is 0 Å². The highest BCUT2D eigenvalue weighted by atomic mass is 16.5. The van der Waals surface area contributed by atoms with E-state index in [4.69, 9.17) is 19.3 Å². The summed E-state index contributed by atoms with van der Waals surface area (Å²) in [5, 5.41) is 9.14. The Labute approximate surface area is 113 Å². The topological polar surface area (TPSA) is 65.0 Å². The number of carboxylic acid groups (broad SMARTS) is 1. The van der Waals surface area contributed by atoms with Crippen LogP contribution in [0.2, 0.25) is 0 Å². The second-order valence-corrected chi connectivity index (χ2v) is 4.08. The summed E-state index contributed by atoms with van der Waals surface area (Å²) < 4.78 is 15.7. The molecule has 0 amide bonds. The molecule has 1 N–H and O–H groups in total. The summed E-state index contributed by atoms with van der Waals surface area (Å²) >= 11 is 0. The molecule has 1 aromatic rings. The first kappa shape index (κ1) is 15.3. The molecule has 0 radical (unpaired) electrons. The van der Waals surface area contributed by atoms with Crippen molar-refractivity contribution in [3.8, 4) is 11.5 Å². The van der Waals surface area contributed by atoms with Crippen molar-refractivity contribution in [2.75, 3.05) is 20.8 Å². The number of hydrogen-bond acceptors (Lipinski definition) is 4. The lowest BCUT2D eigenvalue weighted by atomic mass is 10.1. The molecule has 19 heavy (non-hydrogen) atoms. The molecular weight excluding hydrogens is 248 g/mol. The van der Waals surface area contributed by atoms with Crippen LogP contribution in [0.1, 0.15) is 18.9 Å². The Morgan fingerprint density at radius 3 is 2.58 bits per heavy atom. The van der Waals surface area contributed by atoms with Crippen LogP contribution in [-0.4, -0.2) is 38.0 Å². The number of hydrogen-bond donors (Lipinski definition) is 1. The molecule has 0 aliphatic carbocycles. The van der Waals surface area contributed by atoms with Crippen LogP contribution in [0.5, 0.6) is 11.5 Å². The van der Waals surface area contributed by atoms with Gasteiger partial charge >= 0.3 is 5.97 Å². The van der Waals surface area contributed by atoms with Crippen LogP contribution in [0.25, 0.3) is 0 Å². The van der Waals surface area contributed by atoms with Gasteiger partial charge in [0.1, 0.15) is 11.5 Å². The Kier molecular flexibility index (Phi) is 6.15. The predicted molar refractivity (Wildman–Crippen MR) is 70.9 cm³/mol. The van der Waals surface area contributed by atoms with E-state index >= 15 is 0 Å². The van der Waals surface area contributed by atoms with E-state index < -0.39 is 12.1 Å². The third kappa shape index (κ3) is 4.44. The van der Waals surface area contributed by atoms with Crippen molar-refractivity contribution in [2.24, 2.45) is 0 Å². The Morgan fingerprint density at radius 1 is 1.32 bits per heavy atom. The zero-order valence-electron chi connectivity index (χ0n) is 11.5. The van der Waals surface area contributed by atoms with E-state index in [2.05, 4.69) is 0 Å². The van der Waals surface area contributed by atoms with E-state index in [1.165, 1.54) is 0 Å². The second-order valence-electron chi connectivity index (χ2n) is 4.08. The van der Waals surface area contributed by atoms with Gasteiger partial charge < -0.3 is 19.3 Å². The van der Waals surface area contributed by atoms with Gasteiger partial charge in [-0.3, -0.25) is 0 Å². The molecule has 1 aromatic carbocycles. The molecule has 106 valence electrons. The van der Waals surface area contributed by atoms with Gasteiger partial charge in [-0.1, -0.05) is 13.0 Å². The Bertz CT molecular complexity index is 416. The van der Waals surface area contributed by atoms with Gasteiger partial charge in [0.2, 0.25) is 0 Å². The molecule has 0 fully saturated rings. The zero-order valence-corrected chi connectivity index (χ0v) is 11.5. The molecule has 0 aliphatic heterocycles. The monoisotopic (exact) mass is 268 g/mol. The van der Waals surface area contributed by atoms with E-state index in [0.29, 0.717) is 18.1 Å². The summed E-state index contributed by atoms with van der Waals surface area (Å²) in [5.74, 6) is 0.305. The fourth-order valence-corrected chi connectivity index (χ4v) is 1.70. The third-order valence-corrected chi connectivity index (χ3v) is 2.70. The summed E-state index contributed by atoms with van der Waals surface area (Å²) in [4.78, 5) is 11.1. The molecule has 0 saturated carbocycles. The van der Waals surface area contributed by atoms with Crippen molar-refractivity contribution >= 4 is 5.97 Å². The van der Waals surface area contributed by atoms with Crippen LogP contribution in [0.4, 0.5) is 0 Å². The first-order valence-electron chi connectivity index (χ1n) is 6.17. The van der Waals surface area contributed by atoms with Crippen LogP contribution >= 0.6 is 0 Å². The number of rotatable bonds is 8. The minimum atomic E-state index is -0.966. The number of carboxylic acids is 1. The second kappa shape index (κ2) is 7.63. The van der Waals surface area contributed by atoms with Gasteiger partial charge in [-0.25, -0.2) is 4.79 Å². The lowest BCUT2D eigenvalue weighted by Crippen LogP contribution is -2.27. The Balaban J connectivity index is 2.86. The lowest BCUT2D eigenvalue weighted by Gasteiger charge is -2.16. The maximum atomic E-state index is 11.1. The molecule has 0 aromatic heterocycles. The minimum Gasteiger partial charge on any atom is -0.497 e. The number of aliphatic carboxylic acids is 1. The van der Waals surface area contributed by atoms with Gasteiger partial charge in [-0.15, -0.1) is 0 Å². The average Bonchev–Trinajstić information content (AvgIpc) is 2.43. The first-order chi connectivity index (χ1) is 9.12. The van der Waals surface area contributed by atoms with Crippen molar-refractivity contribution in [3.63, 3.8) is 0 Å². The van der Waals surface area contributed by atoms with Crippen molar-refractivity contribution < 1.29 is 24.1 Å². The van der Waals surface area contributed by atoms with Gasteiger partial charge in [0.15, 0.2) is 6.10 Å². The first-order valence-corrected chi connectivity index (χ1v) is 6.17. The molecule has 5 heteroatoms. The molecule has 0 saturated heterocycles. The summed E-state index contributed by atoms with van der Waals surface area (Å²) in [7, 11) is 3.11. The zero-order chi connectivity index (χ0) is 14.3. The fourth-order valence-electron chi connectivity index (χ4n) is 1.70. The van der Waals surface area contributed by atoms with Crippen LogP contribution in [0, 0.1) is 0 Å². The number of benzene rings is 1. The van der Waals surface area contributed by atoms with Crippen molar-refractivity contribution in [1.82, 2.24) is 0 Å². The molecule has 1 rings (SSSR count). The molecule has 5 nitrogen and oxygen atoms in total. The van der Waals surface area contributed by atoms with Gasteiger partial charge in [-0.2, -0.15) is 0 Å². The highest BCUT2D eigenvalue weighted by Crippen LogP contribution is 2.26.